The SMILES string of the molecule is Cc1cc(-c2ccccc2)cc(C)c1-c1cc[c-]c(N2[CH-]N(C)c3ccccc32)c1.Cc1nn(-c2[c-]cccc2)c(C)c1-c1ccc2c(c1)[Si]1(c3ccccc3-c3ccccc31)c1ccccc1-2.[Rh].[Rh].[Rh].[c-]1ccccc1-c1cc(-c2ccc3c(c2)oc2ccccc23)ccn1.[c-]1ccccc1-c1cc(-c2ccc3c(c2)sc2ccccc23)ccn1.[c-]1ccccc1-n1cc(-c2ccc(-c3ccccc3)cc2)cn1. The number of anilines is 3. The van der Waals surface area contributed by atoms with Crippen molar-refractivity contribution in [3.63, 3.8) is 0 Å². The largest absolute Gasteiger partial charge is 0.504 e. The van der Waals surface area contributed by atoms with E-state index < -0.39 is 8.07 Å². The minimum atomic E-state index is -2.44. The summed E-state index contributed by atoms with van der Waals surface area (Å²) in [6.07, 6.45) is 7.64. The number of nitrogens with zero attached hydrogens (tertiary/aromatic N) is 8. The molecule has 0 saturated carbocycles. The number of aromatic nitrogens is 6. The molecule has 0 bridgehead atoms. The Hall–Kier alpha value is -15.6. The van der Waals surface area contributed by atoms with Crippen LogP contribution in [0.1, 0.15) is 22.5 Å². The number of furan rings is 1. The van der Waals surface area contributed by atoms with E-state index in [0.29, 0.717) is 0 Å². The number of benzene rings is 18. The summed E-state index contributed by atoms with van der Waals surface area (Å²) >= 11 is 1.85. The van der Waals surface area contributed by atoms with Gasteiger partial charge in [0, 0.05) is 136 Å². The van der Waals surface area contributed by atoms with E-state index in [1.54, 1.807) is 0 Å². The molecule has 701 valence electrons. The van der Waals surface area contributed by atoms with Crippen molar-refractivity contribution >= 4 is 99.3 Å². The molecule has 3 aliphatic heterocycles. The first-order valence-electron chi connectivity index (χ1n) is 47.5. The number of fused-ring (bicyclic) bond motifs is 17. The van der Waals surface area contributed by atoms with Gasteiger partial charge in [-0.3, -0.25) is 9.36 Å². The molecule has 18 aromatic carbocycles. The summed E-state index contributed by atoms with van der Waals surface area (Å²) in [6.45, 7) is 10.8. The van der Waals surface area contributed by atoms with E-state index in [1.165, 1.54) is 141 Å². The molecule has 3 radical (unpaired) electrons. The van der Waals surface area contributed by atoms with Crippen LogP contribution in [0.5, 0.6) is 0 Å². The van der Waals surface area contributed by atoms with Crippen LogP contribution in [0.3, 0.4) is 0 Å². The molecule has 0 N–H and O–H groups in total. The zero-order valence-electron chi connectivity index (χ0n) is 79.4. The minimum Gasteiger partial charge on any atom is -0.504 e. The quantitative estimate of drug-likeness (QED) is 0.0890. The summed E-state index contributed by atoms with van der Waals surface area (Å²) in [5.41, 5.74) is 38.2. The Morgan fingerprint density at radius 1 is 0.319 bits per heavy atom. The van der Waals surface area contributed by atoms with E-state index >= 15 is 0 Å². The van der Waals surface area contributed by atoms with Gasteiger partial charge in [-0.1, -0.05) is 267 Å². The van der Waals surface area contributed by atoms with Crippen LogP contribution in [0.25, 0.3) is 176 Å². The predicted molar refractivity (Wildman–Crippen MR) is 587 cm³/mol. The first-order chi connectivity index (χ1) is 69.5. The van der Waals surface area contributed by atoms with Crippen molar-refractivity contribution < 1.29 is 62.9 Å². The number of aryl methyl sites for hydroxylation is 3. The van der Waals surface area contributed by atoms with Gasteiger partial charge in [-0.25, -0.2) is 0 Å². The second kappa shape index (κ2) is 42.3. The van der Waals surface area contributed by atoms with Gasteiger partial charge in [0.25, 0.3) is 0 Å². The van der Waals surface area contributed by atoms with Crippen LogP contribution in [-0.2, 0) is 58.4 Å². The van der Waals surface area contributed by atoms with Crippen LogP contribution < -0.4 is 30.5 Å². The van der Waals surface area contributed by atoms with E-state index in [0.717, 1.165) is 95.2 Å². The van der Waals surface area contributed by atoms with Gasteiger partial charge in [0.1, 0.15) is 11.2 Å². The molecule has 0 fully saturated rings. The Bertz CT molecular complexity index is 8460. The maximum Gasteiger partial charge on any atom is 0.182 e. The normalized spacial score (nSPS) is 11.9. The van der Waals surface area contributed by atoms with Crippen molar-refractivity contribution in [3.05, 3.63) is 521 Å². The van der Waals surface area contributed by atoms with Crippen molar-refractivity contribution in [1.29, 1.82) is 0 Å². The topological polar surface area (TPSA) is 81.0 Å². The molecule has 9 nitrogen and oxygen atoms in total. The standard InChI is InChI=1S/C35H25N2Si.C28H24N2.C23H14NO.C23H14NS.C21H15N2.3Rh/c1-23-35(24(2)37(36-23)26-12-4-3-5-13-26)25-20-21-30-29-16-8-11-19-33(29)38(34(30)22-25)31-17-9-6-14-27(31)28-15-7-10-18-32(28)38;1-20-16-24(22-10-5-4-6-11-22)17-21(2)28(20)23-12-9-13-25(18-23)30-19-29(3)26-14-7-8-15-27(26)30;2*1-2-6-16(7-3-1)21-14-18(12-13-24-21)17-10-11-20-19-8-4-5-9-22(19)25-23(20)15-17;1-3-7-17(8-4-1)18-11-13-19(14-12-18)20-15-22-23(16-20)21-9-5-2-6-10-21;;;/h3-12,14-22H,1-2H3;4-12,14-19H,1-3H3;2*1-6,8-15H;1-9,11-16H;;;/q-1;-2;3*-1;;;. The van der Waals surface area contributed by atoms with E-state index in [4.69, 9.17) is 9.52 Å². The Balaban J connectivity index is 0.000000111. The first-order valence-corrected chi connectivity index (χ1v) is 50.3. The van der Waals surface area contributed by atoms with Crippen LogP contribution >= 0.6 is 11.3 Å². The van der Waals surface area contributed by atoms with Crippen LogP contribution in [-0.4, -0.2) is 44.7 Å². The van der Waals surface area contributed by atoms with E-state index in [-0.39, 0.29) is 58.4 Å². The molecule has 144 heavy (non-hydrogen) atoms. The molecule has 24 aromatic rings. The van der Waals surface area contributed by atoms with Gasteiger partial charge in [-0.05, 0) is 227 Å². The second-order valence-corrected chi connectivity index (χ2v) is 40.4. The molecule has 0 unspecified atom stereocenters. The number of pyridine rings is 2. The number of rotatable bonds is 12. The van der Waals surface area contributed by atoms with Crippen molar-refractivity contribution in [2.75, 3.05) is 16.8 Å². The Morgan fingerprint density at radius 3 is 1.40 bits per heavy atom. The molecule has 3 aliphatic rings. The third-order valence-electron chi connectivity index (χ3n) is 27.0. The maximum absolute atomic E-state index is 6.01. The van der Waals surface area contributed by atoms with Crippen LogP contribution in [0, 0.1) is 64.7 Å². The fourth-order valence-corrected chi connectivity index (χ4v) is 27.3. The molecule has 0 amide bonds. The summed E-state index contributed by atoms with van der Waals surface area (Å²) in [5, 5.41) is 20.3. The molecule has 27 rings (SSSR count). The number of hydrogen-bond acceptors (Lipinski definition) is 8. The third-order valence-corrected chi connectivity index (χ3v) is 33.1. The zero-order chi connectivity index (χ0) is 94.9. The molecule has 0 atom stereocenters. The summed E-state index contributed by atoms with van der Waals surface area (Å²) in [7, 11) is -0.359. The number of para-hydroxylation sites is 5. The van der Waals surface area contributed by atoms with Crippen LogP contribution in [0.4, 0.5) is 17.1 Å². The Kier molecular flexibility index (Phi) is 28.2. The number of hydrogen-bond donors (Lipinski definition) is 0. The summed E-state index contributed by atoms with van der Waals surface area (Å²) in [4.78, 5) is 13.3. The van der Waals surface area contributed by atoms with Gasteiger partial charge in [0.15, 0.2) is 8.07 Å². The summed E-state index contributed by atoms with van der Waals surface area (Å²) in [6, 6.07) is 170. The van der Waals surface area contributed by atoms with Crippen molar-refractivity contribution in [2.24, 2.45) is 0 Å². The van der Waals surface area contributed by atoms with Gasteiger partial charge in [-0.2, -0.15) is 83.6 Å². The second-order valence-electron chi connectivity index (χ2n) is 35.6. The van der Waals surface area contributed by atoms with Crippen LogP contribution in [0.15, 0.2) is 466 Å². The van der Waals surface area contributed by atoms with Gasteiger partial charge in [0.05, 0.1) is 11.9 Å². The van der Waals surface area contributed by atoms with E-state index in [1.807, 2.05) is 173 Å². The number of thiophene rings is 1. The van der Waals surface area contributed by atoms with Crippen molar-refractivity contribution in [1.82, 2.24) is 29.5 Å². The fraction of sp³-hybridized carbons (Fsp3) is 0.0385. The smallest absolute Gasteiger partial charge is 0.182 e. The fourth-order valence-electron chi connectivity index (χ4n) is 20.5. The maximum atomic E-state index is 6.01. The third kappa shape index (κ3) is 18.7. The molecule has 1 spiro atoms. The Labute approximate surface area is 883 Å². The first kappa shape index (κ1) is 95.9. The average Bonchev–Trinajstić information content (AvgIpc) is 1.50. The molecule has 14 heteroatoms. The van der Waals surface area contributed by atoms with Gasteiger partial charge >= 0.3 is 0 Å². The monoisotopic (exact) mass is 2150 g/mol. The van der Waals surface area contributed by atoms with E-state index in [2.05, 4.69) is 406 Å². The van der Waals surface area contributed by atoms with E-state index in [9.17, 15) is 0 Å². The van der Waals surface area contributed by atoms with Gasteiger partial charge in [0.2, 0.25) is 0 Å². The predicted octanol–water partition coefficient (Wildman–Crippen LogP) is 30.1. The van der Waals surface area contributed by atoms with Crippen molar-refractivity contribution in [2.45, 2.75) is 27.7 Å². The van der Waals surface area contributed by atoms with Gasteiger partial charge in [-0.15, -0.1) is 113 Å². The molecule has 6 aromatic heterocycles. The average molecular weight is 2150 g/mol. The molecule has 9 heterocycles. The van der Waals surface area contributed by atoms with Crippen molar-refractivity contribution in [3.8, 4) is 134 Å². The zero-order valence-corrected chi connectivity index (χ0v) is 86.1. The molecule has 0 saturated heterocycles. The molecular formula is C130H92N8ORh3SSi-6. The Morgan fingerprint density at radius 2 is 0.785 bits per heavy atom. The molecular weight excluding hydrogens is 2060 g/mol. The minimum absolute atomic E-state index is 0. The summed E-state index contributed by atoms with van der Waals surface area (Å²) < 4.78 is 12.5. The molecule has 0 aliphatic carbocycles. The van der Waals surface area contributed by atoms with Gasteiger partial charge < -0.3 is 24.2 Å². The van der Waals surface area contributed by atoms with Crippen LogP contribution in [0.2, 0.25) is 0 Å². The summed E-state index contributed by atoms with van der Waals surface area (Å²) in [5.74, 6) is 0.